The minimum Gasteiger partial charge on any atom is -0.457 e. The monoisotopic (exact) mass is 297 g/mol. The number of amides is 1. The Labute approximate surface area is 129 Å². The summed E-state index contributed by atoms with van der Waals surface area (Å²) in [5.74, 6) is 1.44. The molecule has 2 aromatic rings. The van der Waals surface area contributed by atoms with Crippen molar-refractivity contribution >= 4 is 5.91 Å². The van der Waals surface area contributed by atoms with Crippen molar-refractivity contribution in [3.05, 3.63) is 60.2 Å². The van der Waals surface area contributed by atoms with E-state index in [1.165, 1.54) is 0 Å². The van der Waals surface area contributed by atoms with E-state index in [2.05, 4.69) is 5.32 Å². The molecule has 0 radical (unpaired) electrons. The summed E-state index contributed by atoms with van der Waals surface area (Å²) >= 11 is 0. The Hall–Kier alpha value is -2.33. The maximum atomic E-state index is 12.4. The third-order valence-corrected chi connectivity index (χ3v) is 3.93. The van der Waals surface area contributed by atoms with Crippen LogP contribution in [-0.2, 0) is 0 Å². The van der Waals surface area contributed by atoms with Crippen LogP contribution in [0.4, 0.5) is 0 Å². The fourth-order valence-corrected chi connectivity index (χ4v) is 2.62. The standard InChI is InChI=1S/C18H19NO3/c20-12-13-10-14(11-13)19-18(21)16-8-4-5-9-17(16)22-15-6-2-1-3-7-15/h1-9,13-14,20H,10-12H2,(H,19,21). The van der Waals surface area contributed by atoms with Crippen molar-refractivity contribution in [1.29, 1.82) is 0 Å². The normalized spacial score (nSPS) is 20.0. The van der Waals surface area contributed by atoms with Crippen molar-refractivity contribution in [3.63, 3.8) is 0 Å². The van der Waals surface area contributed by atoms with E-state index in [0.717, 1.165) is 12.8 Å². The second kappa shape index (κ2) is 6.62. The van der Waals surface area contributed by atoms with Crippen molar-refractivity contribution in [3.8, 4) is 11.5 Å². The van der Waals surface area contributed by atoms with Crippen molar-refractivity contribution in [1.82, 2.24) is 5.32 Å². The van der Waals surface area contributed by atoms with Gasteiger partial charge in [0.1, 0.15) is 11.5 Å². The molecule has 0 atom stereocenters. The summed E-state index contributed by atoms with van der Waals surface area (Å²) in [7, 11) is 0. The van der Waals surface area contributed by atoms with Gasteiger partial charge in [0.2, 0.25) is 0 Å². The van der Waals surface area contributed by atoms with E-state index >= 15 is 0 Å². The SMILES string of the molecule is O=C(NC1CC(CO)C1)c1ccccc1Oc1ccccc1. The van der Waals surface area contributed by atoms with E-state index in [1.807, 2.05) is 42.5 Å². The molecule has 4 nitrogen and oxygen atoms in total. The van der Waals surface area contributed by atoms with E-state index in [9.17, 15) is 4.79 Å². The summed E-state index contributed by atoms with van der Waals surface area (Å²) in [5.41, 5.74) is 0.527. The molecule has 0 spiro atoms. The zero-order valence-electron chi connectivity index (χ0n) is 12.2. The molecule has 3 rings (SSSR count). The number of aliphatic hydroxyl groups is 1. The molecule has 0 unspecified atom stereocenters. The van der Waals surface area contributed by atoms with Crippen LogP contribution in [0.25, 0.3) is 0 Å². The molecule has 1 aliphatic carbocycles. The predicted molar refractivity (Wildman–Crippen MR) is 84.0 cm³/mol. The molecule has 114 valence electrons. The van der Waals surface area contributed by atoms with Gasteiger partial charge in [-0.2, -0.15) is 0 Å². The number of para-hydroxylation sites is 2. The number of hydrogen-bond acceptors (Lipinski definition) is 3. The second-order valence-electron chi connectivity index (χ2n) is 5.60. The molecule has 2 N–H and O–H groups in total. The van der Waals surface area contributed by atoms with E-state index in [-0.39, 0.29) is 18.6 Å². The lowest BCUT2D eigenvalue weighted by atomic mass is 9.81. The zero-order valence-corrected chi connectivity index (χ0v) is 12.2. The molecule has 2 aromatic carbocycles. The molecule has 0 bridgehead atoms. The van der Waals surface area contributed by atoms with Crippen molar-refractivity contribution < 1.29 is 14.6 Å². The number of carbonyl (C=O) groups is 1. The van der Waals surface area contributed by atoms with Gasteiger partial charge in [-0.1, -0.05) is 30.3 Å². The van der Waals surface area contributed by atoms with Crippen LogP contribution < -0.4 is 10.1 Å². The van der Waals surface area contributed by atoms with Crippen LogP contribution in [0.5, 0.6) is 11.5 Å². The van der Waals surface area contributed by atoms with Crippen LogP contribution in [0.3, 0.4) is 0 Å². The van der Waals surface area contributed by atoms with Crippen molar-refractivity contribution in [2.24, 2.45) is 5.92 Å². The van der Waals surface area contributed by atoms with Gasteiger partial charge in [-0.25, -0.2) is 0 Å². The lowest BCUT2D eigenvalue weighted by molar-refractivity contribution is 0.0830. The summed E-state index contributed by atoms with van der Waals surface area (Å²) in [5, 5.41) is 12.0. The van der Waals surface area contributed by atoms with Crippen LogP contribution in [0.15, 0.2) is 54.6 Å². The quantitative estimate of drug-likeness (QED) is 0.892. The van der Waals surface area contributed by atoms with Gasteiger partial charge >= 0.3 is 0 Å². The summed E-state index contributed by atoms with van der Waals surface area (Å²) in [6, 6.07) is 16.8. The van der Waals surface area contributed by atoms with Gasteiger partial charge in [0.05, 0.1) is 5.56 Å². The molecule has 1 fully saturated rings. The summed E-state index contributed by atoms with van der Waals surface area (Å²) in [6.07, 6.45) is 1.67. The minimum atomic E-state index is -0.132. The van der Waals surface area contributed by atoms with E-state index < -0.39 is 0 Å². The average molecular weight is 297 g/mol. The first-order valence-corrected chi connectivity index (χ1v) is 7.50. The van der Waals surface area contributed by atoms with Gasteiger partial charge in [0, 0.05) is 12.6 Å². The Kier molecular flexibility index (Phi) is 4.39. The van der Waals surface area contributed by atoms with Gasteiger partial charge in [0.15, 0.2) is 0 Å². The Morgan fingerprint density at radius 2 is 1.77 bits per heavy atom. The van der Waals surface area contributed by atoms with Gasteiger partial charge in [0.25, 0.3) is 5.91 Å². The topological polar surface area (TPSA) is 58.6 Å². The van der Waals surface area contributed by atoms with Crippen LogP contribution in [-0.4, -0.2) is 23.7 Å². The first-order chi connectivity index (χ1) is 10.8. The number of aliphatic hydroxyl groups excluding tert-OH is 1. The molecule has 0 aliphatic heterocycles. The molecule has 22 heavy (non-hydrogen) atoms. The Morgan fingerprint density at radius 1 is 1.09 bits per heavy atom. The lowest BCUT2D eigenvalue weighted by Crippen LogP contribution is -2.45. The smallest absolute Gasteiger partial charge is 0.255 e. The van der Waals surface area contributed by atoms with Gasteiger partial charge in [-0.05, 0) is 43.0 Å². The van der Waals surface area contributed by atoms with Crippen LogP contribution in [0.1, 0.15) is 23.2 Å². The molecule has 0 saturated heterocycles. The van der Waals surface area contributed by atoms with E-state index in [4.69, 9.17) is 9.84 Å². The Morgan fingerprint density at radius 3 is 2.50 bits per heavy atom. The van der Waals surface area contributed by atoms with Crippen molar-refractivity contribution in [2.75, 3.05) is 6.61 Å². The molecule has 1 saturated carbocycles. The summed E-state index contributed by atoms with van der Waals surface area (Å²) in [6.45, 7) is 0.195. The third-order valence-electron chi connectivity index (χ3n) is 3.93. The maximum Gasteiger partial charge on any atom is 0.255 e. The van der Waals surface area contributed by atoms with Gasteiger partial charge in [-0.15, -0.1) is 0 Å². The third kappa shape index (κ3) is 3.28. The fourth-order valence-electron chi connectivity index (χ4n) is 2.62. The van der Waals surface area contributed by atoms with E-state index in [0.29, 0.717) is 23.0 Å². The van der Waals surface area contributed by atoms with Gasteiger partial charge in [-0.3, -0.25) is 4.79 Å². The Balaban J connectivity index is 1.69. The predicted octanol–water partition coefficient (Wildman–Crippen LogP) is 2.98. The maximum absolute atomic E-state index is 12.4. The zero-order chi connectivity index (χ0) is 15.4. The molecule has 0 aromatic heterocycles. The second-order valence-corrected chi connectivity index (χ2v) is 5.60. The lowest BCUT2D eigenvalue weighted by Gasteiger charge is -2.34. The fraction of sp³-hybridized carbons (Fsp3) is 0.278. The molecule has 1 aliphatic rings. The van der Waals surface area contributed by atoms with E-state index in [1.54, 1.807) is 12.1 Å². The number of hydrogen-bond donors (Lipinski definition) is 2. The molecular weight excluding hydrogens is 278 g/mol. The number of carbonyl (C=O) groups excluding carboxylic acids is 1. The largest absolute Gasteiger partial charge is 0.457 e. The first-order valence-electron chi connectivity index (χ1n) is 7.50. The molecular formula is C18H19NO3. The summed E-state index contributed by atoms with van der Waals surface area (Å²) in [4.78, 5) is 12.4. The van der Waals surface area contributed by atoms with Crippen LogP contribution in [0.2, 0.25) is 0 Å². The number of benzene rings is 2. The van der Waals surface area contributed by atoms with Crippen LogP contribution in [0, 0.1) is 5.92 Å². The molecule has 4 heteroatoms. The highest BCUT2D eigenvalue weighted by Gasteiger charge is 2.30. The van der Waals surface area contributed by atoms with Gasteiger partial charge < -0.3 is 15.2 Å². The number of ether oxygens (including phenoxy) is 1. The first kappa shape index (κ1) is 14.6. The molecule has 1 amide bonds. The highest BCUT2D eigenvalue weighted by molar-refractivity contribution is 5.97. The van der Waals surface area contributed by atoms with Crippen molar-refractivity contribution in [2.45, 2.75) is 18.9 Å². The highest BCUT2D eigenvalue weighted by atomic mass is 16.5. The summed E-state index contributed by atoms with van der Waals surface area (Å²) < 4.78 is 5.81. The number of nitrogens with one attached hydrogen (secondary N) is 1. The number of rotatable bonds is 5. The average Bonchev–Trinajstić information content (AvgIpc) is 2.52. The highest BCUT2D eigenvalue weighted by Crippen LogP contribution is 2.29. The minimum absolute atomic E-state index is 0.132. The molecule has 0 heterocycles. The van der Waals surface area contributed by atoms with Crippen LogP contribution >= 0.6 is 0 Å². The Bertz CT molecular complexity index is 636.